The van der Waals surface area contributed by atoms with Gasteiger partial charge in [-0.2, -0.15) is 13.2 Å². The quantitative estimate of drug-likeness (QED) is 0.451. The molecule has 1 aliphatic heterocycles. The largest absolute Gasteiger partial charge is 0.416 e. The van der Waals surface area contributed by atoms with Gasteiger partial charge in [0.25, 0.3) is 5.56 Å². The highest BCUT2D eigenvalue weighted by molar-refractivity contribution is 7.13. The van der Waals surface area contributed by atoms with Crippen LogP contribution in [0.2, 0.25) is 0 Å². The Morgan fingerprint density at radius 1 is 1.09 bits per heavy atom. The van der Waals surface area contributed by atoms with E-state index in [0.717, 1.165) is 34.8 Å². The minimum Gasteiger partial charge on any atom is -0.306 e. The lowest BCUT2D eigenvalue weighted by molar-refractivity contribution is -0.137. The molecule has 0 atom stereocenters. The van der Waals surface area contributed by atoms with Crippen molar-refractivity contribution in [2.75, 3.05) is 6.54 Å². The second kappa shape index (κ2) is 8.57. The Morgan fingerprint density at radius 2 is 1.91 bits per heavy atom. The third-order valence-electron chi connectivity index (χ3n) is 5.64. The summed E-state index contributed by atoms with van der Waals surface area (Å²) >= 11 is 1.64. The lowest BCUT2D eigenvalue weighted by atomic mass is 10.1. The maximum atomic E-state index is 12.8. The van der Waals surface area contributed by atoms with Crippen molar-refractivity contribution < 1.29 is 13.2 Å². The molecule has 4 aromatic rings. The highest BCUT2D eigenvalue weighted by atomic mass is 32.1. The van der Waals surface area contributed by atoms with Crippen molar-refractivity contribution in [3.8, 4) is 22.0 Å². The van der Waals surface area contributed by atoms with Gasteiger partial charge < -0.3 is 4.98 Å². The van der Waals surface area contributed by atoms with E-state index in [0.29, 0.717) is 36.3 Å². The van der Waals surface area contributed by atoms with Crippen LogP contribution >= 0.6 is 11.3 Å². The Balaban J connectivity index is 1.31. The highest BCUT2D eigenvalue weighted by Gasteiger charge is 2.30. The molecule has 0 radical (unpaired) electrons. The molecule has 1 N–H and O–H groups in total. The minimum absolute atomic E-state index is 0.259. The first-order valence-corrected chi connectivity index (χ1v) is 11.3. The number of aromatic amines is 1. The maximum absolute atomic E-state index is 12.8. The van der Waals surface area contributed by atoms with Gasteiger partial charge in [0.15, 0.2) is 0 Å². The van der Waals surface area contributed by atoms with Gasteiger partial charge in [-0.1, -0.05) is 24.3 Å². The smallest absolute Gasteiger partial charge is 0.306 e. The summed E-state index contributed by atoms with van der Waals surface area (Å²) < 4.78 is 38.4. The van der Waals surface area contributed by atoms with Crippen molar-refractivity contribution in [1.29, 1.82) is 0 Å². The van der Waals surface area contributed by atoms with Crippen LogP contribution in [0.15, 0.2) is 64.9 Å². The van der Waals surface area contributed by atoms with Crippen LogP contribution in [0.25, 0.3) is 22.0 Å². The number of halogens is 3. The molecule has 0 fully saturated rings. The predicted molar refractivity (Wildman–Crippen MR) is 121 cm³/mol. The summed E-state index contributed by atoms with van der Waals surface area (Å²) in [5.74, 6) is 0.286. The third-order valence-corrected chi connectivity index (χ3v) is 6.53. The van der Waals surface area contributed by atoms with Crippen LogP contribution in [0.5, 0.6) is 0 Å². The molecule has 0 amide bonds. The van der Waals surface area contributed by atoms with Gasteiger partial charge in [-0.25, -0.2) is 4.98 Å². The van der Waals surface area contributed by atoms with E-state index in [1.807, 2.05) is 35.8 Å². The fourth-order valence-electron chi connectivity index (χ4n) is 3.92. The van der Waals surface area contributed by atoms with E-state index < -0.39 is 11.7 Å². The monoisotopic (exact) mass is 468 g/mol. The molecular weight excluding hydrogens is 449 g/mol. The van der Waals surface area contributed by atoms with Crippen LogP contribution in [0.4, 0.5) is 13.2 Å². The van der Waals surface area contributed by atoms with Gasteiger partial charge >= 0.3 is 6.18 Å². The number of pyridine rings is 1. The molecule has 33 heavy (non-hydrogen) atoms. The number of nitrogens with zero attached hydrogens (tertiary/aromatic N) is 3. The van der Waals surface area contributed by atoms with Crippen molar-refractivity contribution in [2.24, 2.45) is 0 Å². The van der Waals surface area contributed by atoms with E-state index in [9.17, 15) is 18.0 Å². The third kappa shape index (κ3) is 4.60. The number of benzene rings is 1. The summed E-state index contributed by atoms with van der Waals surface area (Å²) in [6, 6.07) is 12.7. The Morgan fingerprint density at radius 3 is 2.58 bits per heavy atom. The summed E-state index contributed by atoms with van der Waals surface area (Å²) in [6.07, 6.45) is -1.95. The zero-order chi connectivity index (χ0) is 23.0. The lowest BCUT2D eigenvalue weighted by Crippen LogP contribution is -2.35. The van der Waals surface area contributed by atoms with E-state index in [2.05, 4.69) is 19.9 Å². The molecule has 4 heterocycles. The lowest BCUT2D eigenvalue weighted by Gasteiger charge is -2.27. The SMILES string of the molecule is O=c1[nH]c(-c2ccc(C(F)(F)F)cc2)nc2c1CN(Cc1ccc(-c3cccs3)nc1)CC2. The van der Waals surface area contributed by atoms with E-state index in [-0.39, 0.29) is 11.4 Å². The zero-order valence-corrected chi connectivity index (χ0v) is 18.2. The molecule has 0 saturated carbocycles. The maximum Gasteiger partial charge on any atom is 0.416 e. The minimum atomic E-state index is -4.40. The fourth-order valence-corrected chi connectivity index (χ4v) is 4.62. The average molecular weight is 469 g/mol. The number of hydrogen-bond acceptors (Lipinski definition) is 5. The van der Waals surface area contributed by atoms with E-state index in [1.165, 1.54) is 12.1 Å². The molecule has 0 bridgehead atoms. The van der Waals surface area contributed by atoms with Crippen molar-refractivity contribution >= 4 is 11.3 Å². The standard InChI is InChI=1S/C24H19F3N4OS/c25-24(26,27)17-6-4-16(5-7-17)22-29-19-9-10-31(14-18(19)23(32)30-22)13-15-3-8-20(28-12-15)21-2-1-11-33-21/h1-8,11-12H,9-10,13-14H2,(H,29,30,32). The first-order chi connectivity index (χ1) is 15.9. The Labute approximate surface area is 191 Å². The van der Waals surface area contributed by atoms with Crippen LogP contribution in [0.3, 0.4) is 0 Å². The molecule has 3 aromatic heterocycles. The van der Waals surface area contributed by atoms with Gasteiger partial charge in [0.05, 0.1) is 27.4 Å². The molecule has 0 unspecified atom stereocenters. The highest BCUT2D eigenvalue weighted by Crippen LogP contribution is 2.30. The number of hydrogen-bond donors (Lipinski definition) is 1. The first kappa shape index (κ1) is 21.5. The number of rotatable bonds is 4. The molecule has 9 heteroatoms. The van der Waals surface area contributed by atoms with Gasteiger partial charge in [-0.05, 0) is 35.2 Å². The van der Waals surface area contributed by atoms with Crippen molar-refractivity contribution in [3.63, 3.8) is 0 Å². The van der Waals surface area contributed by atoms with Crippen LogP contribution in [0, 0.1) is 0 Å². The Hall–Kier alpha value is -3.30. The molecule has 0 spiro atoms. The number of H-pyrrole nitrogens is 1. The summed E-state index contributed by atoms with van der Waals surface area (Å²) in [5, 5.41) is 2.02. The molecule has 5 nitrogen and oxygen atoms in total. The number of aromatic nitrogens is 3. The second-order valence-corrected chi connectivity index (χ2v) is 8.85. The summed E-state index contributed by atoms with van der Waals surface area (Å²) in [6.45, 7) is 1.84. The Bertz CT molecular complexity index is 1310. The first-order valence-electron chi connectivity index (χ1n) is 10.4. The molecule has 0 aliphatic carbocycles. The molecule has 5 rings (SSSR count). The molecule has 168 valence electrons. The van der Waals surface area contributed by atoms with Crippen molar-refractivity contribution in [2.45, 2.75) is 25.7 Å². The van der Waals surface area contributed by atoms with Crippen LogP contribution in [-0.4, -0.2) is 26.4 Å². The fraction of sp³-hybridized carbons (Fsp3) is 0.208. The van der Waals surface area contributed by atoms with Gasteiger partial charge in [0, 0.05) is 37.8 Å². The topological polar surface area (TPSA) is 61.9 Å². The summed E-state index contributed by atoms with van der Waals surface area (Å²) in [4.78, 5) is 27.9. The van der Waals surface area contributed by atoms with Gasteiger partial charge in [-0.15, -0.1) is 11.3 Å². The average Bonchev–Trinajstić information content (AvgIpc) is 3.34. The number of thiophene rings is 1. The summed E-state index contributed by atoms with van der Waals surface area (Å²) in [5.41, 5.74) is 2.74. The normalized spacial score (nSPS) is 14.3. The molecule has 0 saturated heterocycles. The van der Waals surface area contributed by atoms with Crippen molar-refractivity contribution in [3.05, 3.63) is 92.8 Å². The molecule has 1 aromatic carbocycles. The number of nitrogens with one attached hydrogen (secondary N) is 1. The zero-order valence-electron chi connectivity index (χ0n) is 17.4. The van der Waals surface area contributed by atoms with Crippen LogP contribution in [0.1, 0.15) is 22.4 Å². The van der Waals surface area contributed by atoms with Gasteiger partial charge in [0.1, 0.15) is 5.82 Å². The van der Waals surface area contributed by atoms with E-state index in [4.69, 9.17) is 0 Å². The Kier molecular flexibility index (Phi) is 5.59. The van der Waals surface area contributed by atoms with Gasteiger partial charge in [0.2, 0.25) is 0 Å². The van der Waals surface area contributed by atoms with Crippen LogP contribution < -0.4 is 5.56 Å². The number of alkyl halides is 3. The summed E-state index contributed by atoms with van der Waals surface area (Å²) in [7, 11) is 0. The van der Waals surface area contributed by atoms with E-state index >= 15 is 0 Å². The molecule has 1 aliphatic rings. The van der Waals surface area contributed by atoms with Crippen LogP contribution in [-0.2, 0) is 25.7 Å². The predicted octanol–water partition coefficient (Wildman–Crippen LogP) is 5.14. The molecular formula is C24H19F3N4OS. The number of fused-ring (bicyclic) bond motifs is 1. The van der Waals surface area contributed by atoms with Crippen molar-refractivity contribution in [1.82, 2.24) is 19.9 Å². The van der Waals surface area contributed by atoms with E-state index in [1.54, 1.807) is 11.3 Å². The van der Waals surface area contributed by atoms with Gasteiger partial charge in [-0.3, -0.25) is 14.7 Å². The second-order valence-electron chi connectivity index (χ2n) is 7.90.